The fourth-order valence-corrected chi connectivity index (χ4v) is 0.632. The Morgan fingerprint density at radius 1 is 1.15 bits per heavy atom. The van der Waals surface area contributed by atoms with Gasteiger partial charge in [-0.3, -0.25) is 0 Å². The molecule has 0 saturated carbocycles. The number of phenolic OH excluding ortho intramolecular Hbond substituents is 1. The van der Waals surface area contributed by atoms with E-state index in [9.17, 15) is 0 Å². The molecule has 3 heteroatoms. The summed E-state index contributed by atoms with van der Waals surface area (Å²) < 4.78 is 0. The molecular weight excluding hydrogens is 164 g/mol. The summed E-state index contributed by atoms with van der Waals surface area (Å²) in [5, 5.41) is 8.81. The highest BCUT2D eigenvalue weighted by Gasteiger charge is 1.86. The lowest BCUT2D eigenvalue weighted by Gasteiger charge is -1.93. The molecule has 0 saturated heterocycles. The van der Waals surface area contributed by atoms with Gasteiger partial charge in [-0.2, -0.15) is 0 Å². The van der Waals surface area contributed by atoms with Crippen molar-refractivity contribution in [1.29, 1.82) is 0 Å². The number of benzene rings is 1. The summed E-state index contributed by atoms with van der Waals surface area (Å²) in [5.41, 5.74) is 6.35. The van der Waals surface area contributed by atoms with E-state index in [0.29, 0.717) is 6.54 Å². The minimum atomic E-state index is 0.284. The molecule has 0 radical (unpaired) electrons. The highest BCUT2D eigenvalue weighted by molar-refractivity contribution is 5.25. The third kappa shape index (κ3) is 7.31. The molecule has 1 aromatic carbocycles. The molecule has 0 aromatic heterocycles. The number of hydrogen-bond donors (Lipinski definition) is 2. The number of nitrogens with zero attached hydrogens (tertiary/aromatic N) is 1. The Balaban J connectivity index is 0.000000310. The topological polar surface area (TPSA) is 49.5 Å². The Morgan fingerprint density at radius 2 is 1.54 bits per heavy atom. The van der Waals surface area contributed by atoms with Crippen LogP contribution >= 0.6 is 0 Å². The molecule has 0 spiro atoms. The summed E-state index contributed by atoms with van der Waals surface area (Å²) in [5.74, 6) is 0.284. The highest BCUT2D eigenvalue weighted by Crippen LogP contribution is 2.08. The molecule has 1 rings (SSSR count). The van der Waals surface area contributed by atoms with Gasteiger partial charge >= 0.3 is 0 Å². The average molecular weight is 182 g/mol. The fourth-order valence-electron chi connectivity index (χ4n) is 0.632. The number of phenols is 1. The molecule has 74 valence electrons. The van der Waals surface area contributed by atoms with E-state index in [1.54, 1.807) is 24.3 Å². The molecule has 1 aromatic rings. The van der Waals surface area contributed by atoms with Crippen LogP contribution in [0, 0.1) is 0 Å². The number of rotatable bonds is 1. The quantitative estimate of drug-likeness (QED) is 0.682. The van der Waals surface area contributed by atoms with E-state index in [4.69, 9.17) is 10.8 Å². The summed E-state index contributed by atoms with van der Waals surface area (Å²) in [6.45, 7) is 0.528. The highest BCUT2D eigenvalue weighted by atomic mass is 16.3. The van der Waals surface area contributed by atoms with Crippen molar-refractivity contribution in [2.24, 2.45) is 5.73 Å². The van der Waals surface area contributed by atoms with Gasteiger partial charge in [0.25, 0.3) is 0 Å². The fraction of sp³-hybridized carbons (Fsp3) is 0.400. The summed E-state index contributed by atoms with van der Waals surface area (Å²) in [4.78, 5) is 2.00. The first-order valence-corrected chi connectivity index (χ1v) is 4.15. The molecule has 0 aliphatic heterocycles. The van der Waals surface area contributed by atoms with E-state index in [2.05, 4.69) is 0 Å². The van der Waals surface area contributed by atoms with E-state index in [0.717, 1.165) is 5.56 Å². The Bertz CT molecular complexity index is 216. The summed E-state index contributed by atoms with van der Waals surface area (Å²) in [6.07, 6.45) is 0. The molecule has 3 N–H and O–H groups in total. The van der Waals surface area contributed by atoms with E-state index >= 15 is 0 Å². The Hall–Kier alpha value is -1.06. The smallest absolute Gasteiger partial charge is 0.115 e. The van der Waals surface area contributed by atoms with Crippen LogP contribution in [0.4, 0.5) is 0 Å². The molecule has 0 heterocycles. The molecule has 0 amide bonds. The standard InChI is InChI=1S/C7H9NO.C3H9N/c8-5-6-1-3-7(9)4-2-6;1-4(2)3/h1-4,9H,5,8H2;1-3H3. The Kier molecular flexibility index (Phi) is 5.93. The summed E-state index contributed by atoms with van der Waals surface area (Å²) in [7, 11) is 6.00. The van der Waals surface area contributed by atoms with Gasteiger partial charge in [-0.15, -0.1) is 0 Å². The molecule has 0 unspecified atom stereocenters. The normalized spacial score (nSPS) is 9.31. The molecule has 0 atom stereocenters. The maximum atomic E-state index is 8.81. The maximum Gasteiger partial charge on any atom is 0.115 e. The predicted octanol–water partition coefficient (Wildman–Crippen LogP) is 1.03. The van der Waals surface area contributed by atoms with Crippen LogP contribution in [-0.4, -0.2) is 31.1 Å². The van der Waals surface area contributed by atoms with Crippen molar-refractivity contribution in [3.63, 3.8) is 0 Å². The first-order valence-electron chi connectivity index (χ1n) is 4.15. The lowest BCUT2D eigenvalue weighted by molar-refractivity contribution is 0.475. The molecule has 0 aliphatic rings. The van der Waals surface area contributed by atoms with Crippen LogP contribution in [0.2, 0.25) is 0 Å². The summed E-state index contributed by atoms with van der Waals surface area (Å²) >= 11 is 0. The monoisotopic (exact) mass is 182 g/mol. The van der Waals surface area contributed by atoms with Crippen LogP contribution in [0.5, 0.6) is 5.75 Å². The van der Waals surface area contributed by atoms with Crippen LogP contribution in [0.15, 0.2) is 24.3 Å². The second kappa shape index (κ2) is 6.46. The number of aromatic hydroxyl groups is 1. The molecule has 13 heavy (non-hydrogen) atoms. The zero-order valence-electron chi connectivity index (χ0n) is 8.49. The van der Waals surface area contributed by atoms with Gasteiger partial charge in [0.15, 0.2) is 0 Å². The second-order valence-electron chi connectivity index (χ2n) is 3.21. The minimum absolute atomic E-state index is 0.284. The zero-order chi connectivity index (χ0) is 10.3. The third-order valence-corrected chi connectivity index (χ3v) is 1.17. The van der Waals surface area contributed by atoms with Crippen molar-refractivity contribution in [3.8, 4) is 5.75 Å². The van der Waals surface area contributed by atoms with Gasteiger partial charge in [-0.1, -0.05) is 12.1 Å². The third-order valence-electron chi connectivity index (χ3n) is 1.17. The van der Waals surface area contributed by atoms with E-state index in [-0.39, 0.29) is 5.75 Å². The largest absolute Gasteiger partial charge is 0.508 e. The van der Waals surface area contributed by atoms with Crippen molar-refractivity contribution in [3.05, 3.63) is 29.8 Å². The SMILES string of the molecule is CN(C)C.NCc1ccc(O)cc1. The van der Waals surface area contributed by atoms with Gasteiger partial charge in [0.05, 0.1) is 0 Å². The molecule has 0 fully saturated rings. The van der Waals surface area contributed by atoms with Crippen LogP contribution in [0.1, 0.15) is 5.56 Å². The van der Waals surface area contributed by atoms with Crippen molar-refractivity contribution in [1.82, 2.24) is 4.90 Å². The minimum Gasteiger partial charge on any atom is -0.508 e. The molecule has 0 aliphatic carbocycles. The van der Waals surface area contributed by atoms with Crippen molar-refractivity contribution < 1.29 is 5.11 Å². The Morgan fingerprint density at radius 3 is 1.85 bits per heavy atom. The predicted molar refractivity (Wildman–Crippen MR) is 55.6 cm³/mol. The van der Waals surface area contributed by atoms with Crippen molar-refractivity contribution >= 4 is 0 Å². The first-order chi connectivity index (χ1) is 6.06. The van der Waals surface area contributed by atoms with Crippen LogP contribution < -0.4 is 5.73 Å². The zero-order valence-corrected chi connectivity index (χ0v) is 8.49. The van der Waals surface area contributed by atoms with Gasteiger partial charge in [0.2, 0.25) is 0 Å². The van der Waals surface area contributed by atoms with Crippen LogP contribution in [0.3, 0.4) is 0 Å². The van der Waals surface area contributed by atoms with E-state index < -0.39 is 0 Å². The van der Waals surface area contributed by atoms with Gasteiger partial charge < -0.3 is 15.7 Å². The first kappa shape index (κ1) is 11.9. The Labute approximate surface area is 79.8 Å². The molecular formula is C10H18N2O. The van der Waals surface area contributed by atoms with E-state index in [1.165, 1.54) is 0 Å². The summed E-state index contributed by atoms with van der Waals surface area (Å²) in [6, 6.07) is 6.86. The van der Waals surface area contributed by atoms with Crippen molar-refractivity contribution in [2.75, 3.05) is 21.1 Å². The number of nitrogens with two attached hydrogens (primary N) is 1. The van der Waals surface area contributed by atoms with Crippen LogP contribution in [-0.2, 0) is 6.54 Å². The van der Waals surface area contributed by atoms with Crippen LogP contribution in [0.25, 0.3) is 0 Å². The molecule has 3 nitrogen and oxygen atoms in total. The van der Waals surface area contributed by atoms with Gasteiger partial charge in [0.1, 0.15) is 5.75 Å². The lowest BCUT2D eigenvalue weighted by Crippen LogP contribution is -1.99. The van der Waals surface area contributed by atoms with Gasteiger partial charge in [-0.05, 0) is 38.8 Å². The second-order valence-corrected chi connectivity index (χ2v) is 3.21. The number of hydrogen-bond acceptors (Lipinski definition) is 3. The van der Waals surface area contributed by atoms with Gasteiger partial charge in [0, 0.05) is 6.54 Å². The molecule has 0 bridgehead atoms. The maximum absolute atomic E-state index is 8.81. The average Bonchev–Trinajstić information content (AvgIpc) is 2.05. The lowest BCUT2D eigenvalue weighted by atomic mass is 10.2. The van der Waals surface area contributed by atoms with Gasteiger partial charge in [-0.25, -0.2) is 0 Å². The van der Waals surface area contributed by atoms with Crippen molar-refractivity contribution in [2.45, 2.75) is 6.54 Å². The van der Waals surface area contributed by atoms with E-state index in [1.807, 2.05) is 26.0 Å².